The number of nitrogens with zero attached hydrogens (tertiary/aromatic N) is 1. The van der Waals surface area contributed by atoms with Crippen LogP contribution in [0, 0.1) is 10.1 Å². The normalized spacial score (nSPS) is 10.0. The molecule has 24 heavy (non-hydrogen) atoms. The molecular weight excluding hydrogens is 334 g/mol. The van der Waals surface area contributed by atoms with E-state index >= 15 is 0 Å². The third-order valence-electron chi connectivity index (χ3n) is 2.83. The fourth-order valence-corrected chi connectivity index (χ4v) is 2.59. The Morgan fingerprint density at radius 2 is 1.79 bits per heavy atom. The number of hydrogen-bond donors (Lipinski definition) is 0. The molecular formula is C16H13NO6S. The Hall–Kier alpha value is -2.87. The Balaban J connectivity index is 2.07. The van der Waals surface area contributed by atoms with Crippen molar-refractivity contribution >= 4 is 22.8 Å². The SMILES string of the molecule is CC(=O)Oc1ccccc1C(=O)Sc1ccc(CO[N+](=O)[O-])cc1. The second-order valence-corrected chi connectivity index (χ2v) is 5.67. The minimum absolute atomic E-state index is 0.152. The largest absolute Gasteiger partial charge is 0.426 e. The molecule has 8 heteroatoms. The minimum Gasteiger partial charge on any atom is -0.426 e. The number of carbonyl (C=O) groups is 2. The van der Waals surface area contributed by atoms with Gasteiger partial charge >= 0.3 is 5.97 Å². The molecule has 0 saturated carbocycles. The Kier molecular flexibility index (Phi) is 5.91. The second-order valence-electron chi connectivity index (χ2n) is 4.62. The van der Waals surface area contributed by atoms with Crippen LogP contribution in [0.3, 0.4) is 0 Å². The molecule has 2 rings (SSSR count). The molecule has 7 nitrogen and oxygen atoms in total. The number of benzene rings is 2. The fraction of sp³-hybridized carbons (Fsp3) is 0.125. The molecule has 2 aromatic rings. The number of ether oxygens (including phenoxy) is 1. The van der Waals surface area contributed by atoms with Gasteiger partial charge in [-0.05, 0) is 41.6 Å². The van der Waals surface area contributed by atoms with Crippen LogP contribution in [0.1, 0.15) is 22.8 Å². The molecule has 0 bridgehead atoms. The highest BCUT2D eigenvalue weighted by Crippen LogP contribution is 2.28. The zero-order chi connectivity index (χ0) is 17.5. The average molecular weight is 347 g/mol. The molecule has 0 spiro atoms. The van der Waals surface area contributed by atoms with Gasteiger partial charge in [0.2, 0.25) is 5.12 Å². The highest BCUT2D eigenvalue weighted by atomic mass is 32.2. The van der Waals surface area contributed by atoms with Crippen molar-refractivity contribution in [1.82, 2.24) is 0 Å². The molecule has 2 aromatic carbocycles. The first-order valence-corrected chi connectivity index (χ1v) is 7.63. The van der Waals surface area contributed by atoms with E-state index in [1.807, 2.05) is 0 Å². The zero-order valence-electron chi connectivity index (χ0n) is 12.6. The Bertz CT molecular complexity index is 759. The van der Waals surface area contributed by atoms with Gasteiger partial charge in [-0.1, -0.05) is 24.3 Å². The van der Waals surface area contributed by atoms with E-state index in [-0.39, 0.29) is 17.5 Å². The molecule has 0 saturated heterocycles. The summed E-state index contributed by atoms with van der Waals surface area (Å²) in [4.78, 5) is 38.5. The van der Waals surface area contributed by atoms with Crippen LogP contribution in [0.5, 0.6) is 5.75 Å². The first kappa shape index (κ1) is 17.5. The molecule has 0 aromatic heterocycles. The lowest BCUT2D eigenvalue weighted by Crippen LogP contribution is -2.06. The maximum Gasteiger partial charge on any atom is 0.308 e. The first-order valence-electron chi connectivity index (χ1n) is 6.81. The topological polar surface area (TPSA) is 95.7 Å². The lowest BCUT2D eigenvalue weighted by atomic mass is 10.2. The number of para-hydroxylation sites is 1. The molecule has 0 fully saturated rings. The third kappa shape index (κ3) is 5.10. The zero-order valence-corrected chi connectivity index (χ0v) is 13.4. The van der Waals surface area contributed by atoms with Crippen LogP contribution in [0.4, 0.5) is 0 Å². The van der Waals surface area contributed by atoms with Gasteiger partial charge in [0.1, 0.15) is 12.4 Å². The number of hydrogen-bond acceptors (Lipinski definition) is 7. The van der Waals surface area contributed by atoms with E-state index in [1.165, 1.54) is 6.92 Å². The van der Waals surface area contributed by atoms with Crippen LogP contribution in [-0.2, 0) is 16.2 Å². The van der Waals surface area contributed by atoms with Crippen molar-refractivity contribution in [1.29, 1.82) is 0 Å². The van der Waals surface area contributed by atoms with Crippen molar-refractivity contribution in [2.24, 2.45) is 0 Å². The fourth-order valence-electron chi connectivity index (χ4n) is 1.82. The Morgan fingerprint density at radius 1 is 1.12 bits per heavy atom. The predicted octanol–water partition coefficient (Wildman–Crippen LogP) is 3.25. The lowest BCUT2D eigenvalue weighted by molar-refractivity contribution is -0.763. The minimum atomic E-state index is -0.863. The average Bonchev–Trinajstić information content (AvgIpc) is 2.54. The van der Waals surface area contributed by atoms with E-state index < -0.39 is 11.1 Å². The summed E-state index contributed by atoms with van der Waals surface area (Å²) in [6.07, 6.45) is 0. The smallest absolute Gasteiger partial charge is 0.308 e. The molecule has 0 aliphatic carbocycles. The van der Waals surface area contributed by atoms with Crippen LogP contribution >= 0.6 is 11.8 Å². The summed E-state index contributed by atoms with van der Waals surface area (Å²) in [5.41, 5.74) is 0.905. The molecule has 0 heterocycles. The van der Waals surface area contributed by atoms with Gasteiger partial charge in [-0.15, -0.1) is 10.1 Å². The van der Waals surface area contributed by atoms with Crippen molar-refractivity contribution in [3.05, 3.63) is 69.8 Å². The summed E-state index contributed by atoms with van der Waals surface area (Å²) in [6.45, 7) is 1.11. The molecule has 0 aliphatic heterocycles. The molecule has 0 unspecified atom stereocenters. The van der Waals surface area contributed by atoms with Crippen molar-refractivity contribution in [3.8, 4) is 5.75 Å². The summed E-state index contributed by atoms with van der Waals surface area (Å²) in [5, 5.41) is 9.01. The van der Waals surface area contributed by atoms with Crippen LogP contribution in [0.15, 0.2) is 53.4 Å². The maximum atomic E-state index is 12.4. The van der Waals surface area contributed by atoms with Crippen molar-refractivity contribution in [2.45, 2.75) is 18.4 Å². The van der Waals surface area contributed by atoms with Gasteiger partial charge in [0.15, 0.2) is 0 Å². The summed E-state index contributed by atoms with van der Waals surface area (Å²) >= 11 is 0.966. The molecule has 0 radical (unpaired) electrons. The highest BCUT2D eigenvalue weighted by Gasteiger charge is 2.15. The van der Waals surface area contributed by atoms with Crippen molar-refractivity contribution < 1.29 is 24.3 Å². The number of thioether (sulfide) groups is 1. The number of carbonyl (C=O) groups excluding carboxylic acids is 2. The maximum absolute atomic E-state index is 12.4. The summed E-state index contributed by atoms with van der Waals surface area (Å²) in [5.74, 6) is -0.297. The van der Waals surface area contributed by atoms with Crippen LogP contribution in [0.25, 0.3) is 0 Å². The number of esters is 1. The molecule has 124 valence electrons. The van der Waals surface area contributed by atoms with Crippen molar-refractivity contribution in [3.63, 3.8) is 0 Å². The van der Waals surface area contributed by atoms with Gasteiger partial charge in [-0.25, -0.2) is 0 Å². The second kappa shape index (κ2) is 8.11. The van der Waals surface area contributed by atoms with Gasteiger partial charge in [0, 0.05) is 11.8 Å². The number of rotatable bonds is 6. The summed E-state index contributed by atoms with van der Waals surface area (Å²) in [6, 6.07) is 13.1. The lowest BCUT2D eigenvalue weighted by Gasteiger charge is -2.08. The van der Waals surface area contributed by atoms with Crippen LogP contribution < -0.4 is 4.74 Å². The van der Waals surface area contributed by atoms with Gasteiger partial charge in [-0.2, -0.15) is 0 Å². The van der Waals surface area contributed by atoms with Gasteiger partial charge in [-0.3, -0.25) is 9.59 Å². The van der Waals surface area contributed by atoms with E-state index in [9.17, 15) is 19.7 Å². The Morgan fingerprint density at radius 3 is 2.42 bits per heavy atom. The van der Waals surface area contributed by atoms with Crippen LogP contribution in [-0.4, -0.2) is 16.2 Å². The molecule has 0 aliphatic rings. The highest BCUT2D eigenvalue weighted by molar-refractivity contribution is 8.14. The van der Waals surface area contributed by atoms with E-state index in [0.29, 0.717) is 16.0 Å². The standard InChI is InChI=1S/C16H13NO6S/c1-11(18)23-15-5-3-2-4-14(15)16(19)24-13-8-6-12(7-9-13)10-22-17(20)21/h2-9H,10H2,1H3. The predicted molar refractivity (Wildman–Crippen MR) is 86.2 cm³/mol. The third-order valence-corrected chi connectivity index (χ3v) is 3.74. The van der Waals surface area contributed by atoms with E-state index in [2.05, 4.69) is 4.84 Å². The molecule has 0 N–H and O–H groups in total. The van der Waals surface area contributed by atoms with Gasteiger partial charge in [0.25, 0.3) is 5.09 Å². The van der Waals surface area contributed by atoms with Crippen LogP contribution in [0.2, 0.25) is 0 Å². The summed E-state index contributed by atoms with van der Waals surface area (Å²) < 4.78 is 5.02. The van der Waals surface area contributed by atoms with Gasteiger partial charge < -0.3 is 9.57 Å². The first-order chi connectivity index (χ1) is 11.5. The van der Waals surface area contributed by atoms with E-state index in [1.54, 1.807) is 48.5 Å². The van der Waals surface area contributed by atoms with Crippen molar-refractivity contribution in [2.75, 3.05) is 0 Å². The molecule has 0 amide bonds. The Labute approximate surface area is 141 Å². The van der Waals surface area contributed by atoms with E-state index in [0.717, 1.165) is 11.8 Å². The monoisotopic (exact) mass is 347 g/mol. The van der Waals surface area contributed by atoms with E-state index in [4.69, 9.17) is 4.74 Å². The quantitative estimate of drug-likeness (QED) is 0.260. The van der Waals surface area contributed by atoms with Gasteiger partial charge in [0.05, 0.1) is 5.56 Å². The molecule has 0 atom stereocenters. The summed E-state index contributed by atoms with van der Waals surface area (Å²) in [7, 11) is 0.